The van der Waals surface area contributed by atoms with Crippen LogP contribution in [0.1, 0.15) is 42.2 Å². The highest BCUT2D eigenvalue weighted by molar-refractivity contribution is 7.09. The molecule has 0 unspecified atom stereocenters. The number of nitrogens with one attached hydrogen (secondary N) is 2. The van der Waals surface area contributed by atoms with Crippen LogP contribution >= 0.6 is 11.3 Å². The maximum absolute atomic E-state index is 4.61. The lowest BCUT2D eigenvalue weighted by molar-refractivity contribution is 0.915. The smallest absolute Gasteiger partial charge is 0.136 e. The first-order chi connectivity index (χ1) is 9.74. The molecule has 0 saturated heterocycles. The lowest BCUT2D eigenvalue weighted by atomic mass is 10.3. The number of aryl methyl sites for hydroxylation is 1. The summed E-state index contributed by atoms with van der Waals surface area (Å²) in [5, 5.41) is 9.79. The van der Waals surface area contributed by atoms with E-state index in [1.807, 2.05) is 13.0 Å². The van der Waals surface area contributed by atoms with E-state index < -0.39 is 0 Å². The van der Waals surface area contributed by atoms with Gasteiger partial charge in [0.2, 0.25) is 0 Å². The fraction of sp³-hybridized carbons (Fsp3) is 0.500. The topological polar surface area (TPSA) is 62.7 Å². The highest BCUT2D eigenvalue weighted by atomic mass is 32.1. The standard InChI is InChI=1S/C14H19N5S/c1-3-15-12-6-13(19-14(18-12)10-4-5-10)16-7-11-8-20-9(2)17-11/h6,8,10H,3-5,7H2,1-2H3,(H2,15,16,18,19). The predicted octanol–water partition coefficient (Wildman–Crippen LogP) is 3.16. The highest BCUT2D eigenvalue weighted by Crippen LogP contribution is 2.38. The van der Waals surface area contributed by atoms with Crippen LogP contribution in [0.15, 0.2) is 11.4 Å². The van der Waals surface area contributed by atoms with Crippen molar-refractivity contribution >= 4 is 23.0 Å². The second-order valence-electron chi connectivity index (χ2n) is 5.01. The molecule has 6 heteroatoms. The molecule has 1 saturated carbocycles. The van der Waals surface area contributed by atoms with Gasteiger partial charge in [-0.1, -0.05) is 0 Å². The minimum Gasteiger partial charge on any atom is -0.370 e. The largest absolute Gasteiger partial charge is 0.370 e. The van der Waals surface area contributed by atoms with Crippen molar-refractivity contribution in [2.45, 2.75) is 39.2 Å². The molecule has 0 atom stereocenters. The number of hydrogen-bond acceptors (Lipinski definition) is 6. The third-order valence-electron chi connectivity index (χ3n) is 3.16. The number of aromatic nitrogens is 3. The van der Waals surface area contributed by atoms with Crippen molar-refractivity contribution in [3.05, 3.63) is 28.0 Å². The Morgan fingerprint density at radius 2 is 1.95 bits per heavy atom. The molecule has 2 aromatic heterocycles. The van der Waals surface area contributed by atoms with Gasteiger partial charge in [0.1, 0.15) is 17.5 Å². The Morgan fingerprint density at radius 3 is 2.55 bits per heavy atom. The van der Waals surface area contributed by atoms with E-state index in [0.29, 0.717) is 12.5 Å². The van der Waals surface area contributed by atoms with Gasteiger partial charge in [-0.15, -0.1) is 11.3 Å². The Hall–Kier alpha value is -1.69. The molecule has 1 aliphatic rings. The molecule has 0 bridgehead atoms. The first-order valence-electron chi connectivity index (χ1n) is 7.02. The Morgan fingerprint density at radius 1 is 1.20 bits per heavy atom. The summed E-state index contributed by atoms with van der Waals surface area (Å²) in [6.45, 7) is 5.67. The van der Waals surface area contributed by atoms with Gasteiger partial charge in [0, 0.05) is 23.9 Å². The molecule has 0 spiro atoms. The Labute approximate surface area is 122 Å². The minimum atomic E-state index is 0.552. The summed E-state index contributed by atoms with van der Waals surface area (Å²) >= 11 is 1.67. The van der Waals surface area contributed by atoms with E-state index in [9.17, 15) is 0 Å². The zero-order valence-electron chi connectivity index (χ0n) is 11.8. The molecule has 2 heterocycles. The maximum atomic E-state index is 4.61. The summed E-state index contributed by atoms with van der Waals surface area (Å²) in [7, 11) is 0. The van der Waals surface area contributed by atoms with Gasteiger partial charge in [0.15, 0.2) is 0 Å². The van der Waals surface area contributed by atoms with Crippen LogP contribution in [-0.2, 0) is 6.54 Å². The Kier molecular flexibility index (Phi) is 3.82. The molecular weight excluding hydrogens is 270 g/mol. The van der Waals surface area contributed by atoms with Gasteiger partial charge in [0.05, 0.1) is 17.2 Å². The third kappa shape index (κ3) is 3.25. The van der Waals surface area contributed by atoms with Crippen molar-refractivity contribution in [1.82, 2.24) is 15.0 Å². The Balaban J connectivity index is 1.73. The van der Waals surface area contributed by atoms with Crippen molar-refractivity contribution in [3.63, 3.8) is 0 Å². The number of rotatable bonds is 6. The summed E-state index contributed by atoms with van der Waals surface area (Å²) < 4.78 is 0. The fourth-order valence-corrected chi connectivity index (χ4v) is 2.64. The van der Waals surface area contributed by atoms with Gasteiger partial charge in [-0.2, -0.15) is 0 Å². The molecule has 20 heavy (non-hydrogen) atoms. The lowest BCUT2D eigenvalue weighted by Crippen LogP contribution is -2.08. The van der Waals surface area contributed by atoms with E-state index in [1.54, 1.807) is 11.3 Å². The average molecular weight is 289 g/mol. The monoisotopic (exact) mass is 289 g/mol. The second kappa shape index (κ2) is 5.75. The molecule has 106 valence electrons. The summed E-state index contributed by atoms with van der Waals surface area (Å²) in [6.07, 6.45) is 2.42. The van der Waals surface area contributed by atoms with Crippen LogP contribution in [0.2, 0.25) is 0 Å². The van der Waals surface area contributed by atoms with Crippen LogP contribution < -0.4 is 10.6 Å². The van der Waals surface area contributed by atoms with Crippen LogP contribution in [-0.4, -0.2) is 21.5 Å². The van der Waals surface area contributed by atoms with E-state index in [-0.39, 0.29) is 0 Å². The van der Waals surface area contributed by atoms with Crippen molar-refractivity contribution < 1.29 is 0 Å². The molecule has 2 aromatic rings. The van der Waals surface area contributed by atoms with Gasteiger partial charge in [-0.05, 0) is 26.7 Å². The zero-order valence-corrected chi connectivity index (χ0v) is 12.6. The van der Waals surface area contributed by atoms with Crippen LogP contribution in [0.3, 0.4) is 0 Å². The number of thiazole rings is 1. The maximum Gasteiger partial charge on any atom is 0.136 e. The van der Waals surface area contributed by atoms with Gasteiger partial charge in [-0.3, -0.25) is 0 Å². The molecule has 2 N–H and O–H groups in total. The van der Waals surface area contributed by atoms with Gasteiger partial charge in [-0.25, -0.2) is 15.0 Å². The Bertz CT molecular complexity index is 591. The molecule has 0 amide bonds. The van der Waals surface area contributed by atoms with E-state index in [0.717, 1.165) is 34.7 Å². The van der Waals surface area contributed by atoms with E-state index in [2.05, 4.69) is 37.9 Å². The summed E-state index contributed by atoms with van der Waals surface area (Å²) in [4.78, 5) is 13.6. The molecule has 0 aliphatic heterocycles. The summed E-state index contributed by atoms with van der Waals surface area (Å²) in [6, 6.07) is 1.97. The second-order valence-corrected chi connectivity index (χ2v) is 6.07. The molecule has 0 radical (unpaired) electrons. The predicted molar refractivity (Wildman–Crippen MR) is 82.3 cm³/mol. The lowest BCUT2D eigenvalue weighted by Gasteiger charge is -2.09. The molecule has 1 fully saturated rings. The van der Waals surface area contributed by atoms with Gasteiger partial charge < -0.3 is 10.6 Å². The molecule has 5 nitrogen and oxygen atoms in total. The van der Waals surface area contributed by atoms with Crippen LogP contribution in [0.5, 0.6) is 0 Å². The van der Waals surface area contributed by atoms with E-state index in [1.165, 1.54) is 12.8 Å². The van der Waals surface area contributed by atoms with Crippen molar-refractivity contribution in [3.8, 4) is 0 Å². The van der Waals surface area contributed by atoms with Crippen molar-refractivity contribution in [2.24, 2.45) is 0 Å². The normalized spacial score (nSPS) is 14.3. The average Bonchev–Trinajstić information content (AvgIpc) is 3.20. The molecule has 0 aromatic carbocycles. The summed E-state index contributed by atoms with van der Waals surface area (Å²) in [5.74, 6) is 3.29. The number of anilines is 2. The zero-order chi connectivity index (χ0) is 13.9. The molecule has 1 aliphatic carbocycles. The van der Waals surface area contributed by atoms with Gasteiger partial charge in [0.25, 0.3) is 0 Å². The van der Waals surface area contributed by atoms with Crippen molar-refractivity contribution in [1.29, 1.82) is 0 Å². The number of nitrogens with zero attached hydrogens (tertiary/aromatic N) is 3. The first kappa shape index (κ1) is 13.3. The molecular formula is C14H19N5S. The highest BCUT2D eigenvalue weighted by Gasteiger charge is 2.27. The quantitative estimate of drug-likeness (QED) is 0.855. The van der Waals surface area contributed by atoms with Crippen LogP contribution in [0.25, 0.3) is 0 Å². The first-order valence-corrected chi connectivity index (χ1v) is 7.90. The summed E-state index contributed by atoms with van der Waals surface area (Å²) in [5.41, 5.74) is 1.06. The minimum absolute atomic E-state index is 0.552. The van der Waals surface area contributed by atoms with E-state index >= 15 is 0 Å². The van der Waals surface area contributed by atoms with E-state index in [4.69, 9.17) is 0 Å². The van der Waals surface area contributed by atoms with Crippen LogP contribution in [0, 0.1) is 6.92 Å². The SMILES string of the molecule is CCNc1cc(NCc2csc(C)n2)nc(C2CC2)n1. The third-order valence-corrected chi connectivity index (χ3v) is 3.98. The fourth-order valence-electron chi connectivity index (χ4n) is 2.02. The van der Waals surface area contributed by atoms with Gasteiger partial charge >= 0.3 is 0 Å². The number of hydrogen-bond donors (Lipinski definition) is 2. The van der Waals surface area contributed by atoms with Crippen LogP contribution in [0.4, 0.5) is 11.6 Å². The van der Waals surface area contributed by atoms with Crippen molar-refractivity contribution in [2.75, 3.05) is 17.2 Å². The molecule has 3 rings (SSSR count).